The maximum atomic E-state index is 13.1. The van der Waals surface area contributed by atoms with E-state index in [1.807, 2.05) is 19.9 Å². The molecule has 1 aromatic carbocycles. The summed E-state index contributed by atoms with van der Waals surface area (Å²) in [7, 11) is 1.53. The maximum absolute atomic E-state index is 13.1. The Kier molecular flexibility index (Phi) is 4.48. The van der Waals surface area contributed by atoms with Gasteiger partial charge in [-0.3, -0.25) is 4.79 Å². The van der Waals surface area contributed by atoms with Crippen LogP contribution in [0.15, 0.2) is 18.3 Å². The van der Waals surface area contributed by atoms with Gasteiger partial charge in [0.2, 0.25) is 11.7 Å². The number of benzene rings is 1. The molecule has 0 unspecified atom stereocenters. The van der Waals surface area contributed by atoms with Crippen LogP contribution in [0.2, 0.25) is 10.0 Å². The van der Waals surface area contributed by atoms with Crippen LogP contribution in [-0.2, 0) is 6.42 Å². The van der Waals surface area contributed by atoms with Gasteiger partial charge in [-0.25, -0.2) is 4.98 Å². The molecule has 0 radical (unpaired) electrons. The summed E-state index contributed by atoms with van der Waals surface area (Å²) in [6.07, 6.45) is 2.30. The quantitative estimate of drug-likeness (QED) is 0.689. The fraction of sp³-hybridized carbons (Fsp3) is 0.316. The number of H-pyrrole nitrogens is 1. The molecule has 140 valence electrons. The second-order valence-electron chi connectivity index (χ2n) is 6.61. The zero-order valence-electron chi connectivity index (χ0n) is 15.1. The van der Waals surface area contributed by atoms with Gasteiger partial charge in [-0.2, -0.15) is 4.98 Å². The standard InChI is InChI=1S/C19H18Cl2N4O2/c1-9-8-22-17(24-18(9)27-3)19(26)25-7-6-13-14(10(25)2)11-4-5-12(20)15(21)16(11)23-13/h4-5,8,10,23H,6-7H2,1-3H3/t10-/m0/s1. The molecule has 0 aliphatic carbocycles. The van der Waals surface area contributed by atoms with E-state index in [1.54, 1.807) is 17.2 Å². The van der Waals surface area contributed by atoms with Gasteiger partial charge >= 0.3 is 0 Å². The fourth-order valence-corrected chi connectivity index (χ4v) is 4.05. The highest BCUT2D eigenvalue weighted by molar-refractivity contribution is 6.45. The predicted octanol–water partition coefficient (Wildman–Crippen LogP) is 4.34. The SMILES string of the molecule is COc1nc(C(=O)N2CCc3[nH]c4c(Cl)c(Cl)ccc4c3[C@@H]2C)ncc1C. The predicted molar refractivity (Wildman–Crippen MR) is 105 cm³/mol. The Morgan fingerprint density at radius 1 is 1.37 bits per heavy atom. The monoisotopic (exact) mass is 404 g/mol. The van der Waals surface area contributed by atoms with Crippen molar-refractivity contribution in [3.05, 3.63) is 51.0 Å². The summed E-state index contributed by atoms with van der Waals surface area (Å²) in [5.41, 5.74) is 3.73. The van der Waals surface area contributed by atoms with Gasteiger partial charge in [-0.05, 0) is 19.9 Å². The summed E-state index contributed by atoms with van der Waals surface area (Å²) in [5, 5.41) is 1.98. The number of aromatic amines is 1. The Bertz CT molecular complexity index is 1060. The van der Waals surface area contributed by atoms with Crippen molar-refractivity contribution in [2.75, 3.05) is 13.7 Å². The highest BCUT2D eigenvalue weighted by atomic mass is 35.5. The first-order chi connectivity index (χ1) is 12.9. The number of nitrogens with one attached hydrogen (secondary N) is 1. The molecule has 27 heavy (non-hydrogen) atoms. The van der Waals surface area contributed by atoms with Crippen molar-refractivity contribution in [2.45, 2.75) is 26.3 Å². The minimum Gasteiger partial charge on any atom is -0.481 e. The zero-order chi connectivity index (χ0) is 19.3. The molecular weight excluding hydrogens is 387 g/mol. The maximum Gasteiger partial charge on any atom is 0.292 e. The third kappa shape index (κ3) is 2.84. The molecule has 1 aliphatic heterocycles. The third-order valence-electron chi connectivity index (χ3n) is 5.04. The third-order valence-corrected chi connectivity index (χ3v) is 5.85. The van der Waals surface area contributed by atoms with E-state index in [-0.39, 0.29) is 17.8 Å². The molecule has 0 saturated carbocycles. The van der Waals surface area contributed by atoms with E-state index in [9.17, 15) is 4.79 Å². The molecule has 0 fully saturated rings. The lowest BCUT2D eigenvalue weighted by Crippen LogP contribution is -2.39. The van der Waals surface area contributed by atoms with E-state index in [2.05, 4.69) is 15.0 Å². The molecule has 3 heterocycles. The summed E-state index contributed by atoms with van der Waals surface area (Å²) >= 11 is 12.5. The first-order valence-electron chi connectivity index (χ1n) is 8.59. The van der Waals surface area contributed by atoms with Crippen LogP contribution in [0.4, 0.5) is 0 Å². The number of hydrogen-bond acceptors (Lipinski definition) is 4. The van der Waals surface area contributed by atoms with Crippen molar-refractivity contribution in [1.82, 2.24) is 19.9 Å². The Morgan fingerprint density at radius 2 is 2.15 bits per heavy atom. The number of fused-ring (bicyclic) bond motifs is 3. The van der Waals surface area contributed by atoms with Crippen LogP contribution >= 0.6 is 23.2 Å². The molecule has 1 atom stereocenters. The van der Waals surface area contributed by atoms with Crippen LogP contribution in [0, 0.1) is 6.92 Å². The van der Waals surface area contributed by atoms with E-state index in [1.165, 1.54) is 7.11 Å². The first-order valence-corrected chi connectivity index (χ1v) is 9.35. The lowest BCUT2D eigenvalue weighted by atomic mass is 9.97. The number of amides is 1. The van der Waals surface area contributed by atoms with Crippen LogP contribution in [0.1, 0.15) is 40.4 Å². The van der Waals surface area contributed by atoms with Crippen LogP contribution in [0.5, 0.6) is 5.88 Å². The molecule has 6 nitrogen and oxygen atoms in total. The first kappa shape index (κ1) is 18.1. The molecule has 3 aromatic rings. The summed E-state index contributed by atoms with van der Waals surface area (Å²) in [6, 6.07) is 3.57. The average molecular weight is 405 g/mol. The highest BCUT2D eigenvalue weighted by Gasteiger charge is 2.33. The molecule has 1 amide bonds. The normalized spacial score (nSPS) is 16.5. The Morgan fingerprint density at radius 3 is 2.89 bits per heavy atom. The summed E-state index contributed by atoms with van der Waals surface area (Å²) < 4.78 is 5.22. The molecule has 2 aromatic heterocycles. The molecule has 1 N–H and O–H groups in total. The van der Waals surface area contributed by atoms with E-state index in [0.29, 0.717) is 28.9 Å². The second kappa shape index (κ2) is 6.69. The van der Waals surface area contributed by atoms with Gasteiger partial charge in [-0.15, -0.1) is 0 Å². The number of methoxy groups -OCH3 is 1. The number of nitrogens with zero attached hydrogens (tertiary/aromatic N) is 3. The highest BCUT2D eigenvalue weighted by Crippen LogP contribution is 2.40. The number of rotatable bonds is 2. The van der Waals surface area contributed by atoms with Gasteiger partial charge in [0.1, 0.15) is 0 Å². The van der Waals surface area contributed by atoms with Crippen molar-refractivity contribution >= 4 is 40.0 Å². The Hall–Kier alpha value is -2.31. The van der Waals surface area contributed by atoms with E-state index >= 15 is 0 Å². The lowest BCUT2D eigenvalue weighted by molar-refractivity contribution is 0.0664. The zero-order valence-corrected chi connectivity index (χ0v) is 16.6. The minimum atomic E-state index is -0.221. The van der Waals surface area contributed by atoms with Crippen LogP contribution < -0.4 is 4.74 Å². The summed E-state index contributed by atoms with van der Waals surface area (Å²) in [5.74, 6) is 0.321. The largest absolute Gasteiger partial charge is 0.481 e. The van der Waals surface area contributed by atoms with Crippen molar-refractivity contribution in [3.8, 4) is 5.88 Å². The number of carbonyl (C=O) groups is 1. The fourth-order valence-electron chi connectivity index (χ4n) is 3.68. The lowest BCUT2D eigenvalue weighted by Gasteiger charge is -2.33. The number of ether oxygens (including phenoxy) is 1. The molecule has 0 bridgehead atoms. The van der Waals surface area contributed by atoms with Crippen molar-refractivity contribution in [3.63, 3.8) is 0 Å². The smallest absolute Gasteiger partial charge is 0.292 e. The molecule has 1 aliphatic rings. The van der Waals surface area contributed by atoms with Crippen molar-refractivity contribution in [1.29, 1.82) is 0 Å². The number of carbonyl (C=O) groups excluding carboxylic acids is 1. The van der Waals surface area contributed by atoms with Gasteiger partial charge in [0, 0.05) is 41.4 Å². The molecule has 0 spiro atoms. The number of halogens is 2. The topological polar surface area (TPSA) is 71.1 Å². The van der Waals surface area contributed by atoms with Crippen molar-refractivity contribution < 1.29 is 9.53 Å². The molecular formula is C19H18Cl2N4O2. The van der Waals surface area contributed by atoms with Crippen LogP contribution in [0.3, 0.4) is 0 Å². The number of hydrogen-bond donors (Lipinski definition) is 1. The van der Waals surface area contributed by atoms with Gasteiger partial charge in [0.25, 0.3) is 5.91 Å². The van der Waals surface area contributed by atoms with Gasteiger partial charge in [0.15, 0.2) is 0 Å². The average Bonchev–Trinajstić information content (AvgIpc) is 3.05. The number of aromatic nitrogens is 3. The Labute approximate surface area is 166 Å². The van der Waals surface area contributed by atoms with E-state index < -0.39 is 0 Å². The second-order valence-corrected chi connectivity index (χ2v) is 7.40. The van der Waals surface area contributed by atoms with Crippen LogP contribution in [0.25, 0.3) is 10.9 Å². The van der Waals surface area contributed by atoms with Crippen molar-refractivity contribution in [2.24, 2.45) is 0 Å². The van der Waals surface area contributed by atoms with E-state index in [0.717, 1.165) is 27.7 Å². The van der Waals surface area contributed by atoms with Gasteiger partial charge < -0.3 is 14.6 Å². The van der Waals surface area contributed by atoms with Gasteiger partial charge in [0.05, 0.1) is 28.7 Å². The molecule has 4 rings (SSSR count). The molecule has 8 heteroatoms. The van der Waals surface area contributed by atoms with Gasteiger partial charge in [-0.1, -0.05) is 29.3 Å². The Balaban J connectivity index is 1.74. The van der Waals surface area contributed by atoms with E-state index in [4.69, 9.17) is 27.9 Å². The summed E-state index contributed by atoms with van der Waals surface area (Å²) in [4.78, 5) is 26.7. The minimum absolute atomic E-state index is 0.133. The number of aryl methyl sites for hydroxylation is 1. The molecule has 0 saturated heterocycles. The summed E-state index contributed by atoms with van der Waals surface area (Å²) in [6.45, 7) is 4.39. The van der Waals surface area contributed by atoms with Crippen LogP contribution in [-0.4, -0.2) is 39.4 Å².